The third-order valence-electron chi connectivity index (χ3n) is 2.38. The lowest BCUT2D eigenvalue weighted by molar-refractivity contribution is -0.145. The van der Waals surface area contributed by atoms with Crippen LogP contribution in [0.15, 0.2) is 26.8 Å². The molecular weight excluding hydrogens is 368 g/mol. The summed E-state index contributed by atoms with van der Waals surface area (Å²) in [7, 11) is 0. The fourth-order valence-corrected chi connectivity index (χ4v) is 1.95. The Morgan fingerprint density at radius 2 is 1.91 bits per heavy atom. The molecule has 1 rings (SSSR count). The second kappa shape index (κ2) is 9.67. The quantitative estimate of drug-likeness (QED) is 0.301. The van der Waals surface area contributed by atoms with Crippen molar-refractivity contribution in [3.63, 3.8) is 0 Å². The molecule has 0 saturated carbocycles. The third-order valence-corrected chi connectivity index (χ3v) is 3.07. The fraction of sp³-hybridized carbons (Fsp3) is 0.357. The monoisotopic (exact) mass is 386 g/mol. The van der Waals surface area contributed by atoms with Crippen LogP contribution in [0.25, 0.3) is 0 Å². The molecule has 0 saturated heterocycles. The number of halogens is 1. The van der Waals surface area contributed by atoms with Gasteiger partial charge in [0, 0.05) is 10.0 Å². The van der Waals surface area contributed by atoms with Gasteiger partial charge in [-0.15, -0.1) is 5.10 Å². The standard InChI is InChI=1S/C14H19BrN4O4/c1-3-21-11-5-9(7-18-19-14(16)17)10(15)6-12(11)23-8-13(20)22-4-2/h5-7H,3-4,8H2,1-2H3,(H4,16,17,19). The number of hydrogen-bond acceptors (Lipinski definition) is 6. The molecule has 4 N–H and O–H groups in total. The summed E-state index contributed by atoms with van der Waals surface area (Å²) in [5.74, 6) is 0.276. The zero-order valence-electron chi connectivity index (χ0n) is 12.9. The highest BCUT2D eigenvalue weighted by Gasteiger charge is 2.12. The highest BCUT2D eigenvalue weighted by Crippen LogP contribution is 2.33. The van der Waals surface area contributed by atoms with E-state index in [0.717, 1.165) is 0 Å². The maximum atomic E-state index is 11.4. The van der Waals surface area contributed by atoms with E-state index in [0.29, 0.717) is 34.7 Å². The van der Waals surface area contributed by atoms with E-state index < -0.39 is 5.97 Å². The number of benzene rings is 1. The van der Waals surface area contributed by atoms with Gasteiger partial charge < -0.3 is 25.7 Å². The number of ether oxygens (including phenoxy) is 3. The second-order valence-corrected chi connectivity index (χ2v) is 4.97. The van der Waals surface area contributed by atoms with Gasteiger partial charge in [-0.1, -0.05) is 0 Å². The molecule has 0 bridgehead atoms. The van der Waals surface area contributed by atoms with Gasteiger partial charge in [-0.2, -0.15) is 5.10 Å². The SMILES string of the molecule is CCOC(=O)COc1cc(Br)c(C=NN=C(N)N)cc1OCC. The highest BCUT2D eigenvalue weighted by molar-refractivity contribution is 9.10. The molecule has 8 nitrogen and oxygen atoms in total. The predicted molar refractivity (Wildman–Crippen MR) is 90.8 cm³/mol. The molecule has 126 valence electrons. The summed E-state index contributed by atoms with van der Waals surface area (Å²) in [5, 5.41) is 7.27. The molecule has 0 heterocycles. The van der Waals surface area contributed by atoms with E-state index >= 15 is 0 Å². The molecule has 9 heteroatoms. The van der Waals surface area contributed by atoms with Crippen LogP contribution in [0.2, 0.25) is 0 Å². The Morgan fingerprint density at radius 3 is 2.52 bits per heavy atom. The highest BCUT2D eigenvalue weighted by atomic mass is 79.9. The summed E-state index contributed by atoms with van der Waals surface area (Å²) in [5.41, 5.74) is 11.1. The predicted octanol–water partition coefficient (Wildman–Crippen LogP) is 1.40. The Kier molecular flexibility index (Phi) is 7.89. The first-order valence-corrected chi connectivity index (χ1v) is 7.63. The van der Waals surface area contributed by atoms with Crippen LogP contribution < -0.4 is 20.9 Å². The molecule has 0 radical (unpaired) electrons. The van der Waals surface area contributed by atoms with Crippen LogP contribution >= 0.6 is 15.9 Å². The topological polar surface area (TPSA) is 122 Å². The second-order valence-electron chi connectivity index (χ2n) is 4.12. The van der Waals surface area contributed by atoms with E-state index in [2.05, 4.69) is 26.1 Å². The fourth-order valence-electron chi connectivity index (χ4n) is 1.53. The lowest BCUT2D eigenvalue weighted by Gasteiger charge is -2.13. The zero-order chi connectivity index (χ0) is 17.2. The number of esters is 1. The molecule has 0 unspecified atom stereocenters. The number of carbonyl (C=O) groups is 1. The van der Waals surface area contributed by atoms with Crippen molar-refractivity contribution in [2.75, 3.05) is 19.8 Å². The Morgan fingerprint density at radius 1 is 1.22 bits per heavy atom. The number of rotatable bonds is 8. The molecule has 1 aromatic carbocycles. The van der Waals surface area contributed by atoms with Crippen LogP contribution in [0.3, 0.4) is 0 Å². The van der Waals surface area contributed by atoms with Gasteiger partial charge in [0.1, 0.15) is 0 Å². The molecule has 0 aliphatic rings. The van der Waals surface area contributed by atoms with Crippen LogP contribution in [0, 0.1) is 0 Å². The molecule has 0 atom stereocenters. The Balaban J connectivity index is 2.98. The van der Waals surface area contributed by atoms with Crippen LogP contribution in [0.5, 0.6) is 11.5 Å². The van der Waals surface area contributed by atoms with Gasteiger partial charge in [-0.3, -0.25) is 0 Å². The van der Waals surface area contributed by atoms with Crippen molar-refractivity contribution in [3.8, 4) is 11.5 Å². The molecule has 0 spiro atoms. The molecule has 23 heavy (non-hydrogen) atoms. The van der Waals surface area contributed by atoms with E-state index in [1.165, 1.54) is 6.21 Å². The molecule has 0 amide bonds. The first-order chi connectivity index (χ1) is 11.0. The van der Waals surface area contributed by atoms with Gasteiger partial charge in [0.25, 0.3) is 0 Å². The number of nitrogens with two attached hydrogens (primary N) is 2. The summed E-state index contributed by atoms with van der Waals surface area (Å²) in [6, 6.07) is 3.36. The average molecular weight is 387 g/mol. The van der Waals surface area contributed by atoms with Crippen LogP contribution in [0.4, 0.5) is 0 Å². The van der Waals surface area contributed by atoms with Crippen LogP contribution in [-0.4, -0.2) is 38.0 Å². The van der Waals surface area contributed by atoms with Crippen molar-refractivity contribution in [1.82, 2.24) is 0 Å². The number of hydrogen-bond donors (Lipinski definition) is 2. The number of carbonyl (C=O) groups excluding carboxylic acids is 1. The normalized spacial score (nSPS) is 10.4. The minimum Gasteiger partial charge on any atom is -0.490 e. The van der Waals surface area contributed by atoms with Gasteiger partial charge in [-0.05, 0) is 41.9 Å². The minimum absolute atomic E-state index is 0.142. The van der Waals surface area contributed by atoms with E-state index in [1.54, 1.807) is 19.1 Å². The van der Waals surface area contributed by atoms with E-state index in [4.69, 9.17) is 25.7 Å². The average Bonchev–Trinajstić information content (AvgIpc) is 2.48. The minimum atomic E-state index is -0.454. The Labute approximate surface area is 142 Å². The lowest BCUT2D eigenvalue weighted by atomic mass is 10.2. The number of nitrogens with zero attached hydrogens (tertiary/aromatic N) is 2. The lowest BCUT2D eigenvalue weighted by Crippen LogP contribution is -2.21. The number of guanidine groups is 1. The Hall–Kier alpha value is -2.29. The molecule has 1 aromatic rings. The zero-order valence-corrected chi connectivity index (χ0v) is 14.5. The molecule has 0 aliphatic heterocycles. The maximum absolute atomic E-state index is 11.4. The summed E-state index contributed by atoms with van der Waals surface area (Å²) in [6.07, 6.45) is 1.46. The van der Waals surface area contributed by atoms with Crippen molar-refractivity contribution >= 4 is 34.1 Å². The first kappa shape index (κ1) is 18.8. The molecular formula is C14H19BrN4O4. The van der Waals surface area contributed by atoms with Gasteiger partial charge >= 0.3 is 5.97 Å². The maximum Gasteiger partial charge on any atom is 0.344 e. The summed E-state index contributed by atoms with van der Waals surface area (Å²) >= 11 is 3.38. The Bertz CT molecular complexity index is 601. The summed E-state index contributed by atoms with van der Waals surface area (Å²) in [6.45, 7) is 4.09. The van der Waals surface area contributed by atoms with Crippen LogP contribution in [0.1, 0.15) is 19.4 Å². The molecule has 0 fully saturated rings. The van der Waals surface area contributed by atoms with Crippen molar-refractivity contribution in [1.29, 1.82) is 0 Å². The molecule has 0 aliphatic carbocycles. The van der Waals surface area contributed by atoms with Crippen LogP contribution in [-0.2, 0) is 9.53 Å². The van der Waals surface area contributed by atoms with Crippen molar-refractivity contribution in [2.24, 2.45) is 21.7 Å². The first-order valence-electron chi connectivity index (χ1n) is 6.84. The molecule has 0 aromatic heterocycles. The van der Waals surface area contributed by atoms with Crippen molar-refractivity contribution in [3.05, 3.63) is 22.2 Å². The van der Waals surface area contributed by atoms with Gasteiger partial charge in [0.05, 0.1) is 19.4 Å². The largest absolute Gasteiger partial charge is 0.490 e. The van der Waals surface area contributed by atoms with E-state index in [1.807, 2.05) is 6.92 Å². The van der Waals surface area contributed by atoms with E-state index in [-0.39, 0.29) is 12.6 Å². The van der Waals surface area contributed by atoms with Gasteiger partial charge in [0.2, 0.25) is 5.96 Å². The smallest absolute Gasteiger partial charge is 0.344 e. The van der Waals surface area contributed by atoms with E-state index in [9.17, 15) is 4.79 Å². The van der Waals surface area contributed by atoms with Gasteiger partial charge in [0.15, 0.2) is 18.1 Å². The van der Waals surface area contributed by atoms with Gasteiger partial charge in [-0.25, -0.2) is 4.79 Å². The summed E-state index contributed by atoms with van der Waals surface area (Å²) in [4.78, 5) is 11.4. The third kappa shape index (κ3) is 6.55. The van der Waals surface area contributed by atoms with Crippen molar-refractivity contribution in [2.45, 2.75) is 13.8 Å². The van der Waals surface area contributed by atoms with Crippen molar-refractivity contribution < 1.29 is 19.0 Å². The summed E-state index contributed by atoms with van der Waals surface area (Å²) < 4.78 is 16.4.